The Bertz CT molecular complexity index is 591. The summed E-state index contributed by atoms with van der Waals surface area (Å²) in [4.78, 5) is 0. The van der Waals surface area contributed by atoms with Gasteiger partial charge in [-0.15, -0.1) is 0 Å². The van der Waals surface area contributed by atoms with Crippen molar-refractivity contribution < 1.29 is 0 Å². The summed E-state index contributed by atoms with van der Waals surface area (Å²) in [6, 6.07) is 16.7. The minimum Gasteiger partial charge on any atom is -0.388 e. The molecule has 0 aliphatic rings. The number of benzene rings is 2. The van der Waals surface area contributed by atoms with E-state index < -0.39 is 0 Å². The lowest BCUT2D eigenvalue weighted by Gasteiger charge is -2.04. The maximum absolute atomic E-state index is 3.95. The smallest absolute Gasteiger partial charge is 0.0411 e. The Labute approximate surface area is 115 Å². The van der Waals surface area contributed by atoms with Crippen LogP contribution in [0, 0.1) is 0 Å². The highest BCUT2D eigenvalue weighted by atomic mass is 14.8. The van der Waals surface area contributed by atoms with E-state index in [1.54, 1.807) is 0 Å². The fraction of sp³-hybridized carbons (Fsp3) is 0.111. The molecule has 0 unspecified atom stereocenters. The van der Waals surface area contributed by atoms with Crippen molar-refractivity contribution in [2.24, 2.45) is 0 Å². The van der Waals surface area contributed by atoms with Gasteiger partial charge in [-0.05, 0) is 29.7 Å². The SMILES string of the molecule is C=C(C)c1ccc(/C=C/c2ccccc2NC)cc1. The molecule has 2 aromatic rings. The van der Waals surface area contributed by atoms with Gasteiger partial charge in [-0.3, -0.25) is 0 Å². The van der Waals surface area contributed by atoms with Crippen LogP contribution in [0.15, 0.2) is 55.1 Å². The van der Waals surface area contributed by atoms with Crippen LogP contribution in [0.1, 0.15) is 23.6 Å². The van der Waals surface area contributed by atoms with Crippen molar-refractivity contribution in [1.29, 1.82) is 0 Å². The standard InChI is InChI=1S/C18H19N/c1-14(2)16-11-8-15(9-12-16)10-13-17-6-4-5-7-18(17)19-3/h4-13,19H,1H2,2-3H3/b13-10+. The van der Waals surface area contributed by atoms with E-state index in [2.05, 4.69) is 60.4 Å². The lowest BCUT2D eigenvalue weighted by molar-refractivity contribution is 1.49. The summed E-state index contributed by atoms with van der Waals surface area (Å²) in [6.07, 6.45) is 4.25. The molecule has 1 N–H and O–H groups in total. The average molecular weight is 249 g/mol. The zero-order valence-corrected chi connectivity index (χ0v) is 11.5. The van der Waals surface area contributed by atoms with Crippen molar-refractivity contribution in [2.45, 2.75) is 6.92 Å². The molecule has 0 saturated carbocycles. The minimum absolute atomic E-state index is 1.09. The Balaban J connectivity index is 2.20. The summed E-state index contributed by atoms with van der Waals surface area (Å²) < 4.78 is 0. The molecule has 0 radical (unpaired) electrons. The van der Waals surface area contributed by atoms with E-state index >= 15 is 0 Å². The number of rotatable bonds is 4. The van der Waals surface area contributed by atoms with Crippen molar-refractivity contribution in [2.75, 3.05) is 12.4 Å². The first kappa shape index (κ1) is 13.2. The summed E-state index contributed by atoms with van der Waals surface area (Å²) in [6.45, 7) is 5.97. The number of nitrogens with one attached hydrogen (secondary N) is 1. The second-order valence-corrected chi connectivity index (χ2v) is 4.57. The highest BCUT2D eigenvalue weighted by molar-refractivity contribution is 5.77. The fourth-order valence-corrected chi connectivity index (χ4v) is 1.93. The molecule has 2 aromatic carbocycles. The predicted octanol–water partition coefficient (Wildman–Crippen LogP) is 4.93. The Morgan fingerprint density at radius 2 is 1.68 bits per heavy atom. The molecule has 0 aliphatic carbocycles. The molecule has 1 heteroatoms. The van der Waals surface area contributed by atoms with E-state index in [-0.39, 0.29) is 0 Å². The van der Waals surface area contributed by atoms with Crippen LogP contribution in [0.4, 0.5) is 5.69 Å². The molecule has 0 spiro atoms. The van der Waals surface area contributed by atoms with Crippen molar-refractivity contribution in [3.05, 3.63) is 71.8 Å². The molecule has 0 aliphatic heterocycles. The highest BCUT2D eigenvalue weighted by Gasteiger charge is 1.95. The molecular formula is C18H19N. The number of para-hydroxylation sites is 1. The van der Waals surface area contributed by atoms with E-state index in [1.807, 2.05) is 26.1 Å². The Morgan fingerprint density at radius 1 is 1.00 bits per heavy atom. The Morgan fingerprint density at radius 3 is 2.32 bits per heavy atom. The van der Waals surface area contributed by atoms with Gasteiger partial charge in [-0.1, -0.05) is 66.8 Å². The molecule has 96 valence electrons. The van der Waals surface area contributed by atoms with Crippen LogP contribution in [0.25, 0.3) is 17.7 Å². The molecule has 0 saturated heterocycles. The fourth-order valence-electron chi connectivity index (χ4n) is 1.93. The topological polar surface area (TPSA) is 12.0 Å². The molecular weight excluding hydrogens is 230 g/mol. The van der Waals surface area contributed by atoms with Crippen molar-refractivity contribution in [3.8, 4) is 0 Å². The first-order valence-corrected chi connectivity index (χ1v) is 6.41. The second-order valence-electron chi connectivity index (χ2n) is 4.57. The van der Waals surface area contributed by atoms with E-state index in [9.17, 15) is 0 Å². The number of hydrogen-bond donors (Lipinski definition) is 1. The monoisotopic (exact) mass is 249 g/mol. The summed E-state index contributed by atoms with van der Waals surface area (Å²) in [5.74, 6) is 0. The summed E-state index contributed by atoms with van der Waals surface area (Å²) >= 11 is 0. The molecule has 0 fully saturated rings. The highest BCUT2D eigenvalue weighted by Crippen LogP contribution is 2.18. The Kier molecular flexibility index (Phi) is 4.19. The van der Waals surface area contributed by atoms with E-state index in [1.165, 1.54) is 16.7 Å². The third-order valence-corrected chi connectivity index (χ3v) is 3.09. The molecule has 1 nitrogen and oxygen atoms in total. The second kappa shape index (κ2) is 6.05. The van der Waals surface area contributed by atoms with Gasteiger partial charge >= 0.3 is 0 Å². The quantitative estimate of drug-likeness (QED) is 0.757. The third kappa shape index (κ3) is 3.35. The number of hydrogen-bond acceptors (Lipinski definition) is 1. The molecule has 0 aromatic heterocycles. The zero-order valence-electron chi connectivity index (χ0n) is 11.5. The van der Waals surface area contributed by atoms with Crippen LogP contribution in [0.2, 0.25) is 0 Å². The van der Waals surface area contributed by atoms with Crippen molar-refractivity contribution >= 4 is 23.4 Å². The van der Waals surface area contributed by atoms with Crippen LogP contribution in [0.5, 0.6) is 0 Å². The number of allylic oxidation sites excluding steroid dienone is 1. The zero-order chi connectivity index (χ0) is 13.7. The van der Waals surface area contributed by atoms with Gasteiger partial charge in [0.15, 0.2) is 0 Å². The predicted molar refractivity (Wildman–Crippen MR) is 86.1 cm³/mol. The van der Waals surface area contributed by atoms with Gasteiger partial charge in [0, 0.05) is 12.7 Å². The minimum atomic E-state index is 1.09. The van der Waals surface area contributed by atoms with Crippen molar-refractivity contribution in [3.63, 3.8) is 0 Å². The first-order valence-electron chi connectivity index (χ1n) is 6.41. The summed E-state index contributed by atoms with van der Waals surface area (Å²) in [5, 5.41) is 3.19. The van der Waals surface area contributed by atoms with Crippen LogP contribution < -0.4 is 5.32 Å². The van der Waals surface area contributed by atoms with Gasteiger partial charge in [0.25, 0.3) is 0 Å². The van der Waals surface area contributed by atoms with Crippen molar-refractivity contribution in [1.82, 2.24) is 0 Å². The Hall–Kier alpha value is -2.28. The van der Waals surface area contributed by atoms with Gasteiger partial charge in [0.2, 0.25) is 0 Å². The summed E-state index contributed by atoms with van der Waals surface area (Å²) in [5.41, 5.74) is 5.80. The van der Waals surface area contributed by atoms with Gasteiger partial charge in [-0.2, -0.15) is 0 Å². The molecule has 0 atom stereocenters. The van der Waals surface area contributed by atoms with Gasteiger partial charge in [0.05, 0.1) is 0 Å². The van der Waals surface area contributed by atoms with E-state index in [0.29, 0.717) is 0 Å². The molecule has 0 amide bonds. The number of anilines is 1. The van der Waals surface area contributed by atoms with Gasteiger partial charge in [0.1, 0.15) is 0 Å². The van der Waals surface area contributed by atoms with E-state index in [4.69, 9.17) is 0 Å². The van der Waals surface area contributed by atoms with Crippen LogP contribution in [-0.4, -0.2) is 7.05 Å². The average Bonchev–Trinajstić information content (AvgIpc) is 2.45. The van der Waals surface area contributed by atoms with Crippen LogP contribution >= 0.6 is 0 Å². The lowest BCUT2D eigenvalue weighted by atomic mass is 10.1. The maximum atomic E-state index is 3.95. The van der Waals surface area contributed by atoms with Gasteiger partial charge < -0.3 is 5.32 Å². The van der Waals surface area contributed by atoms with E-state index in [0.717, 1.165) is 11.3 Å². The summed E-state index contributed by atoms with van der Waals surface area (Å²) in [7, 11) is 1.94. The van der Waals surface area contributed by atoms with Gasteiger partial charge in [-0.25, -0.2) is 0 Å². The largest absolute Gasteiger partial charge is 0.388 e. The lowest BCUT2D eigenvalue weighted by Crippen LogP contribution is -1.90. The molecule has 19 heavy (non-hydrogen) atoms. The van der Waals surface area contributed by atoms with Crippen LogP contribution in [0.3, 0.4) is 0 Å². The normalized spacial score (nSPS) is 10.6. The van der Waals surface area contributed by atoms with Crippen LogP contribution in [-0.2, 0) is 0 Å². The maximum Gasteiger partial charge on any atom is 0.0411 e. The molecule has 2 rings (SSSR count). The third-order valence-electron chi connectivity index (χ3n) is 3.09. The molecule has 0 heterocycles. The first-order chi connectivity index (χ1) is 9.20. The molecule has 0 bridgehead atoms.